The molecule has 0 N–H and O–H groups in total. The lowest BCUT2D eigenvalue weighted by atomic mass is 10.1. The number of carbonyl (C=O) groups is 3. The van der Waals surface area contributed by atoms with Crippen molar-refractivity contribution in [2.75, 3.05) is 39.4 Å². The largest absolute Gasteiger partial charge is 0.476 e. The Hall–Kier alpha value is -4.30. The lowest BCUT2D eigenvalue weighted by Crippen LogP contribution is -2.52. The summed E-state index contributed by atoms with van der Waals surface area (Å²) in [5, 5.41) is 7.55. The van der Waals surface area contributed by atoms with Crippen LogP contribution in [0.4, 0.5) is 4.39 Å². The predicted molar refractivity (Wildman–Crippen MR) is 168 cm³/mol. The number of fused-ring (bicyclic) bond motifs is 1. The highest BCUT2D eigenvalue weighted by Gasteiger charge is 2.33. The number of unbranched alkanes of at least 4 members (excludes halogenated alkanes) is 2. The van der Waals surface area contributed by atoms with Crippen LogP contribution in [0.15, 0.2) is 55.1 Å². The predicted octanol–water partition coefficient (Wildman–Crippen LogP) is 4.64. The minimum atomic E-state index is -4.06. The summed E-state index contributed by atoms with van der Waals surface area (Å²) >= 11 is 0. The molecule has 0 spiro atoms. The van der Waals surface area contributed by atoms with E-state index in [9.17, 15) is 18.9 Å². The van der Waals surface area contributed by atoms with Gasteiger partial charge >= 0.3 is 7.82 Å². The lowest BCUT2D eigenvalue weighted by molar-refractivity contribution is -0.127. The van der Waals surface area contributed by atoms with Gasteiger partial charge in [-0.05, 0) is 25.0 Å². The zero-order valence-electron chi connectivity index (χ0n) is 26.3. The molecule has 250 valence electrons. The maximum absolute atomic E-state index is 15.5. The van der Waals surface area contributed by atoms with Crippen molar-refractivity contribution in [3.05, 3.63) is 72.1 Å². The van der Waals surface area contributed by atoms with Crippen LogP contribution in [0.2, 0.25) is 0 Å². The van der Waals surface area contributed by atoms with Crippen LogP contribution in [-0.2, 0) is 29.7 Å². The fourth-order valence-electron chi connectivity index (χ4n) is 5.07. The number of carbonyl (C=O) groups excluding carboxylic acids is 3. The van der Waals surface area contributed by atoms with Gasteiger partial charge < -0.3 is 14.4 Å². The van der Waals surface area contributed by atoms with Crippen molar-refractivity contribution < 1.29 is 36.9 Å². The van der Waals surface area contributed by atoms with Crippen LogP contribution in [0, 0.1) is 5.82 Å². The molecule has 4 heterocycles. The number of rotatable bonds is 15. The number of hydrogen-bond acceptors (Lipinski definition) is 10. The first-order chi connectivity index (χ1) is 22.8. The molecule has 2 amide bonds. The molecule has 0 atom stereocenters. The fourth-order valence-corrected chi connectivity index (χ4v) is 6.26. The normalized spacial score (nSPS) is 13.8. The number of phosphoric acid groups is 1. The van der Waals surface area contributed by atoms with E-state index in [1.54, 1.807) is 29.2 Å². The van der Waals surface area contributed by atoms with Gasteiger partial charge in [0.2, 0.25) is 0 Å². The summed E-state index contributed by atoms with van der Waals surface area (Å²) in [6.07, 6.45) is 7.89. The average Bonchev–Trinajstić information content (AvgIpc) is 3.77. The molecule has 1 aliphatic heterocycles. The molecule has 0 radical (unpaired) electrons. The van der Waals surface area contributed by atoms with Crippen LogP contribution in [0.5, 0.6) is 0 Å². The average molecular weight is 670 g/mol. The van der Waals surface area contributed by atoms with E-state index >= 15 is 4.39 Å². The number of nitrogens with zero attached hydrogens (tertiary/aromatic N) is 7. The molecule has 3 aromatic heterocycles. The molecule has 16 heteroatoms. The molecular formula is C31H37FN7O7P. The second kappa shape index (κ2) is 15.5. The first-order valence-electron chi connectivity index (χ1n) is 15.5. The molecule has 5 rings (SSSR count). The Labute approximate surface area is 271 Å². The van der Waals surface area contributed by atoms with Crippen LogP contribution < -0.4 is 0 Å². The summed E-state index contributed by atoms with van der Waals surface area (Å²) < 4.78 is 48.4. The van der Waals surface area contributed by atoms with Crippen molar-refractivity contribution in [3.8, 4) is 5.82 Å². The third-order valence-electron chi connectivity index (χ3n) is 7.63. The number of aromatic nitrogens is 5. The Morgan fingerprint density at radius 1 is 0.936 bits per heavy atom. The van der Waals surface area contributed by atoms with E-state index in [1.807, 2.05) is 19.9 Å². The smallest absolute Gasteiger partial charge is 0.335 e. The van der Waals surface area contributed by atoms with Gasteiger partial charge in [-0.3, -0.25) is 28.0 Å². The van der Waals surface area contributed by atoms with Gasteiger partial charge in [0, 0.05) is 37.9 Å². The maximum Gasteiger partial charge on any atom is 0.476 e. The van der Waals surface area contributed by atoms with E-state index in [0.717, 1.165) is 19.0 Å². The van der Waals surface area contributed by atoms with Crippen LogP contribution in [0.25, 0.3) is 16.7 Å². The lowest BCUT2D eigenvalue weighted by Gasteiger charge is -2.34. The number of phosphoric ester groups is 1. The highest BCUT2D eigenvalue weighted by molar-refractivity contribution is 7.48. The molecule has 4 aromatic rings. The fraction of sp³-hybridized carbons (Fsp3) is 0.419. The quantitative estimate of drug-likeness (QED) is 0.0758. The molecule has 47 heavy (non-hydrogen) atoms. The summed E-state index contributed by atoms with van der Waals surface area (Å²) in [6.45, 7) is 4.38. The zero-order chi connectivity index (χ0) is 33.4. The van der Waals surface area contributed by atoms with Gasteiger partial charge in [-0.15, -0.1) is 5.10 Å². The first-order valence-corrected chi connectivity index (χ1v) is 17.0. The topological polar surface area (TPSA) is 151 Å². The van der Waals surface area contributed by atoms with Crippen molar-refractivity contribution in [2.45, 2.75) is 46.3 Å². The van der Waals surface area contributed by atoms with Gasteiger partial charge in [-0.25, -0.2) is 18.6 Å². The minimum absolute atomic E-state index is 0.0543. The molecule has 1 fully saturated rings. The highest BCUT2D eigenvalue weighted by atomic mass is 31.2. The van der Waals surface area contributed by atoms with E-state index in [-0.39, 0.29) is 67.6 Å². The third kappa shape index (κ3) is 7.82. The van der Waals surface area contributed by atoms with E-state index in [0.29, 0.717) is 18.4 Å². The number of hydrogen-bond donors (Lipinski definition) is 0. The van der Waals surface area contributed by atoms with Crippen LogP contribution in [-0.4, -0.2) is 91.3 Å². The number of halogens is 1. The van der Waals surface area contributed by atoms with Gasteiger partial charge in [0.1, 0.15) is 6.73 Å². The SMILES string of the molecule is CCCCOP(=O)(OCCCC)OCn1cc(C(=O)C(=O)N2CCN(C(=O)c3ccccc3)CC2)c2c(F)cnc(-n3ccnn3)c21. The van der Waals surface area contributed by atoms with E-state index in [4.69, 9.17) is 13.6 Å². The molecule has 1 saturated heterocycles. The summed E-state index contributed by atoms with van der Waals surface area (Å²) in [5.41, 5.74) is 0.339. The molecule has 0 saturated carbocycles. The van der Waals surface area contributed by atoms with Crippen molar-refractivity contribution in [1.82, 2.24) is 34.3 Å². The Morgan fingerprint density at radius 3 is 2.21 bits per heavy atom. The Kier molecular flexibility index (Phi) is 11.2. The summed E-state index contributed by atoms with van der Waals surface area (Å²) in [5.74, 6) is -2.76. The number of amides is 2. The molecular weight excluding hydrogens is 632 g/mol. The van der Waals surface area contributed by atoms with Crippen LogP contribution in [0.1, 0.15) is 60.2 Å². The molecule has 0 aliphatic carbocycles. The van der Waals surface area contributed by atoms with E-state index in [2.05, 4.69) is 15.3 Å². The number of ketones is 1. The molecule has 1 aliphatic rings. The number of Topliss-reactive ketones (excluding diaryl/α,β-unsaturated/α-hetero) is 1. The summed E-state index contributed by atoms with van der Waals surface area (Å²) in [6, 6.07) is 8.79. The van der Waals surface area contributed by atoms with Crippen molar-refractivity contribution >= 4 is 36.3 Å². The molecule has 1 aromatic carbocycles. The van der Waals surface area contributed by atoms with Crippen LogP contribution >= 0.6 is 7.82 Å². The van der Waals surface area contributed by atoms with Crippen molar-refractivity contribution in [1.29, 1.82) is 0 Å². The Bertz CT molecular complexity index is 1730. The van der Waals surface area contributed by atoms with Crippen molar-refractivity contribution in [2.24, 2.45) is 0 Å². The Morgan fingerprint density at radius 2 is 1.60 bits per heavy atom. The third-order valence-corrected chi connectivity index (χ3v) is 9.06. The number of pyridine rings is 1. The van der Waals surface area contributed by atoms with Crippen molar-refractivity contribution in [3.63, 3.8) is 0 Å². The second-order valence-electron chi connectivity index (χ2n) is 10.9. The summed E-state index contributed by atoms with van der Waals surface area (Å²) in [4.78, 5) is 47.3. The first kappa shape index (κ1) is 34.0. The zero-order valence-corrected chi connectivity index (χ0v) is 27.2. The Balaban J connectivity index is 1.42. The highest BCUT2D eigenvalue weighted by Crippen LogP contribution is 2.50. The van der Waals surface area contributed by atoms with Gasteiger partial charge in [0.05, 0.1) is 48.3 Å². The standard InChI is InChI=1S/C31H37FN7O7P/c1-3-5-18-44-47(43,45-19-6-4-2)46-22-38-21-24(26-25(32)20-33-29(27(26)38)39-13-12-34-35-39)28(40)31(42)37-16-14-36(15-17-37)30(41)23-10-8-7-9-11-23/h7-13,20-21H,3-6,14-19,22H2,1-2H3. The maximum atomic E-state index is 15.5. The van der Waals surface area contributed by atoms with E-state index in [1.165, 1.54) is 32.7 Å². The molecule has 0 bridgehead atoms. The van der Waals surface area contributed by atoms with Gasteiger partial charge in [-0.1, -0.05) is 50.1 Å². The second-order valence-corrected chi connectivity index (χ2v) is 12.5. The number of benzene rings is 1. The van der Waals surface area contributed by atoms with Gasteiger partial charge in [0.25, 0.3) is 17.6 Å². The molecule has 14 nitrogen and oxygen atoms in total. The number of piperazine rings is 1. The van der Waals surface area contributed by atoms with Crippen LogP contribution in [0.3, 0.4) is 0 Å². The van der Waals surface area contributed by atoms with Gasteiger partial charge in [-0.2, -0.15) is 0 Å². The minimum Gasteiger partial charge on any atom is -0.335 e. The molecule has 0 unspecified atom stereocenters. The van der Waals surface area contributed by atoms with E-state index < -0.39 is 32.1 Å². The van der Waals surface area contributed by atoms with Gasteiger partial charge in [0.15, 0.2) is 11.6 Å². The monoisotopic (exact) mass is 669 g/mol. The summed E-state index contributed by atoms with van der Waals surface area (Å²) in [7, 11) is -4.06.